The van der Waals surface area contributed by atoms with Crippen molar-refractivity contribution >= 4 is 23.4 Å². The van der Waals surface area contributed by atoms with Crippen molar-refractivity contribution < 1.29 is 19.1 Å². The van der Waals surface area contributed by atoms with Crippen LogP contribution in [-0.4, -0.2) is 85.5 Å². The summed E-state index contributed by atoms with van der Waals surface area (Å²) in [6.45, 7) is 5.69. The molecule has 3 aliphatic heterocycles. The van der Waals surface area contributed by atoms with Crippen LogP contribution in [0.4, 0.5) is 0 Å². The monoisotopic (exact) mass is 393 g/mol. The maximum absolute atomic E-state index is 12.9. The summed E-state index contributed by atoms with van der Waals surface area (Å²) in [5, 5.41) is 0.394. The van der Waals surface area contributed by atoms with Crippen molar-refractivity contribution in [2.24, 2.45) is 0 Å². The topological polar surface area (TPSA) is 62.3 Å². The van der Waals surface area contributed by atoms with E-state index in [-0.39, 0.29) is 11.8 Å². The van der Waals surface area contributed by atoms with E-state index in [0.29, 0.717) is 68.0 Å². The van der Waals surface area contributed by atoms with E-state index in [0.717, 1.165) is 25.9 Å². The number of piperazine rings is 1. The van der Waals surface area contributed by atoms with Gasteiger partial charge in [0.25, 0.3) is 5.91 Å². The molecule has 1 aromatic carbocycles. The number of likely N-dealkylation sites (tertiary alicyclic amines) is 1. The number of amides is 2. The fraction of sp³-hybridized carbons (Fsp3) is 0.579. The third kappa shape index (κ3) is 3.99. The van der Waals surface area contributed by atoms with Gasteiger partial charge in [0, 0.05) is 44.8 Å². The zero-order valence-corrected chi connectivity index (χ0v) is 16.0. The van der Waals surface area contributed by atoms with Crippen molar-refractivity contribution in [2.45, 2.75) is 12.8 Å². The highest BCUT2D eigenvalue weighted by Crippen LogP contribution is 2.38. The Kier molecular flexibility index (Phi) is 5.41. The lowest BCUT2D eigenvalue weighted by molar-refractivity contribution is -0.131. The minimum Gasteiger partial charge on any atom is -0.486 e. The van der Waals surface area contributed by atoms with Crippen LogP contribution in [0.5, 0.6) is 11.5 Å². The van der Waals surface area contributed by atoms with Gasteiger partial charge >= 0.3 is 0 Å². The second-order valence-electron chi connectivity index (χ2n) is 7.14. The molecular formula is C19H24ClN3O4. The first kappa shape index (κ1) is 18.4. The fourth-order valence-corrected chi connectivity index (χ4v) is 4.05. The largest absolute Gasteiger partial charge is 0.486 e. The smallest absolute Gasteiger partial charge is 0.254 e. The molecule has 8 heteroatoms. The third-order valence-corrected chi connectivity index (χ3v) is 5.60. The molecule has 0 bridgehead atoms. The second-order valence-corrected chi connectivity index (χ2v) is 7.55. The van der Waals surface area contributed by atoms with E-state index in [2.05, 4.69) is 4.90 Å². The number of halogens is 1. The lowest BCUT2D eigenvalue weighted by Gasteiger charge is -2.35. The Morgan fingerprint density at radius 1 is 0.926 bits per heavy atom. The van der Waals surface area contributed by atoms with Gasteiger partial charge in [-0.3, -0.25) is 14.5 Å². The van der Waals surface area contributed by atoms with Crippen molar-refractivity contribution in [3.8, 4) is 11.5 Å². The molecule has 4 rings (SSSR count). The molecule has 0 unspecified atom stereocenters. The summed E-state index contributed by atoms with van der Waals surface area (Å²) < 4.78 is 11.1. The summed E-state index contributed by atoms with van der Waals surface area (Å²) in [6, 6.07) is 3.34. The molecule has 0 radical (unpaired) electrons. The first-order valence-corrected chi connectivity index (χ1v) is 9.88. The third-order valence-electron chi connectivity index (χ3n) is 5.32. The predicted molar refractivity (Wildman–Crippen MR) is 101 cm³/mol. The second kappa shape index (κ2) is 7.94. The van der Waals surface area contributed by atoms with Crippen molar-refractivity contribution in [2.75, 3.05) is 59.0 Å². The molecule has 0 aliphatic carbocycles. The van der Waals surface area contributed by atoms with E-state index in [1.807, 2.05) is 4.90 Å². The van der Waals surface area contributed by atoms with Gasteiger partial charge in [0.15, 0.2) is 11.5 Å². The maximum atomic E-state index is 12.9. The summed E-state index contributed by atoms with van der Waals surface area (Å²) in [5.41, 5.74) is 0.505. The molecule has 3 aliphatic rings. The molecule has 2 amide bonds. The van der Waals surface area contributed by atoms with Crippen molar-refractivity contribution in [3.05, 3.63) is 22.7 Å². The number of carbonyl (C=O) groups is 2. The summed E-state index contributed by atoms with van der Waals surface area (Å²) in [4.78, 5) is 31.0. The van der Waals surface area contributed by atoms with E-state index in [1.165, 1.54) is 0 Å². The van der Waals surface area contributed by atoms with Crippen molar-refractivity contribution in [3.63, 3.8) is 0 Å². The van der Waals surface area contributed by atoms with E-state index in [1.54, 1.807) is 17.0 Å². The zero-order valence-electron chi connectivity index (χ0n) is 15.3. The maximum Gasteiger partial charge on any atom is 0.254 e. The first-order valence-electron chi connectivity index (χ1n) is 9.50. The first-order chi connectivity index (χ1) is 13.1. The van der Waals surface area contributed by atoms with Crippen LogP contribution >= 0.6 is 11.6 Å². The minimum atomic E-state index is -0.0700. The Hall–Kier alpha value is -1.99. The van der Waals surface area contributed by atoms with Gasteiger partial charge in [-0.15, -0.1) is 0 Å². The molecule has 0 spiro atoms. The summed E-state index contributed by atoms with van der Waals surface area (Å²) >= 11 is 6.25. The standard InChI is InChI=1S/C19H24ClN3O4/c20-15-11-14(12-16-18(15)27-10-9-26-16)19(25)23-7-5-21(6-8-23)13-17(24)22-3-1-2-4-22/h11-12H,1-10,13H2. The van der Waals surface area contributed by atoms with Gasteiger partial charge in [0.05, 0.1) is 11.6 Å². The number of hydrogen-bond donors (Lipinski definition) is 0. The van der Waals surface area contributed by atoms with Crippen LogP contribution in [0.2, 0.25) is 5.02 Å². The number of carbonyl (C=O) groups excluding carboxylic acids is 2. The summed E-state index contributed by atoms with van der Waals surface area (Å²) in [7, 11) is 0. The quantitative estimate of drug-likeness (QED) is 0.778. The molecule has 0 atom stereocenters. The van der Waals surface area contributed by atoms with Crippen molar-refractivity contribution in [1.82, 2.24) is 14.7 Å². The van der Waals surface area contributed by atoms with Crippen LogP contribution in [0.1, 0.15) is 23.2 Å². The molecule has 7 nitrogen and oxygen atoms in total. The van der Waals surface area contributed by atoms with Gasteiger partial charge < -0.3 is 19.3 Å². The van der Waals surface area contributed by atoms with Crippen LogP contribution < -0.4 is 9.47 Å². The molecule has 146 valence electrons. The van der Waals surface area contributed by atoms with Gasteiger partial charge in [-0.25, -0.2) is 0 Å². The van der Waals surface area contributed by atoms with Gasteiger partial charge in [0.2, 0.25) is 5.91 Å². The lowest BCUT2D eigenvalue weighted by Crippen LogP contribution is -2.51. The highest BCUT2D eigenvalue weighted by Gasteiger charge is 2.27. The Labute approximate surface area is 163 Å². The van der Waals surface area contributed by atoms with E-state index < -0.39 is 0 Å². The molecule has 0 aromatic heterocycles. The van der Waals surface area contributed by atoms with Gasteiger partial charge in [-0.05, 0) is 25.0 Å². The Bertz CT molecular complexity index is 728. The highest BCUT2D eigenvalue weighted by molar-refractivity contribution is 6.32. The predicted octanol–water partition coefficient (Wildman–Crippen LogP) is 1.49. The number of ether oxygens (including phenoxy) is 2. The van der Waals surface area contributed by atoms with Gasteiger partial charge in [0.1, 0.15) is 13.2 Å². The molecule has 1 aromatic rings. The van der Waals surface area contributed by atoms with Gasteiger partial charge in [-0.2, -0.15) is 0 Å². The van der Waals surface area contributed by atoms with E-state index >= 15 is 0 Å². The molecule has 0 N–H and O–H groups in total. The zero-order chi connectivity index (χ0) is 18.8. The number of rotatable bonds is 3. The minimum absolute atomic E-state index is 0.0700. The number of nitrogens with zero attached hydrogens (tertiary/aromatic N) is 3. The van der Waals surface area contributed by atoms with Crippen LogP contribution in [0.3, 0.4) is 0 Å². The molecule has 0 saturated carbocycles. The molecular weight excluding hydrogens is 370 g/mol. The van der Waals surface area contributed by atoms with Crippen LogP contribution in [0.15, 0.2) is 12.1 Å². The lowest BCUT2D eigenvalue weighted by atomic mass is 10.1. The van der Waals surface area contributed by atoms with Gasteiger partial charge in [-0.1, -0.05) is 11.6 Å². The number of fused-ring (bicyclic) bond motifs is 1. The van der Waals surface area contributed by atoms with E-state index in [9.17, 15) is 9.59 Å². The Balaban J connectivity index is 1.34. The average Bonchev–Trinajstić information content (AvgIpc) is 3.23. The van der Waals surface area contributed by atoms with Crippen LogP contribution in [0.25, 0.3) is 0 Å². The Morgan fingerprint density at radius 3 is 2.37 bits per heavy atom. The SMILES string of the molecule is O=C(CN1CCN(C(=O)c2cc(Cl)c3c(c2)OCCO3)CC1)N1CCCC1. The average molecular weight is 394 g/mol. The normalized spacial score (nSPS) is 20.0. The number of benzene rings is 1. The summed E-state index contributed by atoms with van der Waals surface area (Å²) in [6.07, 6.45) is 2.21. The molecule has 27 heavy (non-hydrogen) atoms. The molecule has 2 fully saturated rings. The van der Waals surface area contributed by atoms with E-state index in [4.69, 9.17) is 21.1 Å². The number of hydrogen-bond acceptors (Lipinski definition) is 5. The van der Waals surface area contributed by atoms with Crippen LogP contribution in [0, 0.1) is 0 Å². The fourth-order valence-electron chi connectivity index (χ4n) is 3.78. The van der Waals surface area contributed by atoms with Crippen LogP contribution in [-0.2, 0) is 4.79 Å². The van der Waals surface area contributed by atoms with Crippen molar-refractivity contribution in [1.29, 1.82) is 0 Å². The Morgan fingerprint density at radius 2 is 1.63 bits per heavy atom. The summed E-state index contributed by atoms with van der Waals surface area (Å²) in [5.74, 6) is 1.15. The molecule has 3 heterocycles. The highest BCUT2D eigenvalue weighted by atomic mass is 35.5. The molecule has 2 saturated heterocycles.